The summed E-state index contributed by atoms with van der Waals surface area (Å²) < 4.78 is 16.1. The van der Waals surface area contributed by atoms with Crippen molar-refractivity contribution >= 4 is 23.2 Å². The summed E-state index contributed by atoms with van der Waals surface area (Å²) in [4.78, 5) is 29.6. The quantitative estimate of drug-likeness (QED) is 0.831. The lowest BCUT2D eigenvalue weighted by atomic mass is 10.2. The number of aliphatic carboxylic acids is 1. The first-order chi connectivity index (χ1) is 13.1. The van der Waals surface area contributed by atoms with E-state index >= 15 is 0 Å². The second-order valence-corrected chi connectivity index (χ2v) is 7.18. The van der Waals surface area contributed by atoms with Gasteiger partial charge in [-0.05, 0) is 18.2 Å². The molecule has 1 saturated heterocycles. The molecule has 1 amide bonds. The summed E-state index contributed by atoms with van der Waals surface area (Å²) in [5.74, 6) is 0.408. The zero-order valence-corrected chi connectivity index (χ0v) is 15.2. The number of morpholine rings is 1. The van der Waals surface area contributed by atoms with Gasteiger partial charge in [0.25, 0.3) is 0 Å². The Balaban J connectivity index is 1.40. The number of carbonyl (C=O) groups excluding carboxylic acids is 1. The molecule has 0 saturated carbocycles. The number of thiazole rings is 1. The topological polar surface area (TPSA) is 98.2 Å². The zero-order chi connectivity index (χ0) is 18.8. The van der Waals surface area contributed by atoms with Crippen molar-refractivity contribution in [1.29, 1.82) is 0 Å². The van der Waals surface area contributed by atoms with Crippen LogP contribution in [-0.2, 0) is 20.7 Å². The van der Waals surface area contributed by atoms with Crippen LogP contribution in [0.1, 0.15) is 12.1 Å². The molecule has 9 heteroatoms. The van der Waals surface area contributed by atoms with E-state index < -0.39 is 12.1 Å². The van der Waals surface area contributed by atoms with E-state index in [1.807, 2.05) is 23.6 Å². The van der Waals surface area contributed by atoms with Gasteiger partial charge in [0.15, 0.2) is 11.5 Å². The number of carbonyl (C=O) groups is 2. The molecule has 2 aromatic rings. The van der Waals surface area contributed by atoms with Crippen LogP contribution < -0.4 is 9.47 Å². The monoisotopic (exact) mass is 390 g/mol. The summed E-state index contributed by atoms with van der Waals surface area (Å²) in [7, 11) is 0. The molecule has 1 aromatic heterocycles. The van der Waals surface area contributed by atoms with E-state index in [4.69, 9.17) is 19.3 Å². The number of hydrogen-bond acceptors (Lipinski definition) is 7. The van der Waals surface area contributed by atoms with Gasteiger partial charge in [-0.1, -0.05) is 0 Å². The third kappa shape index (κ3) is 4.04. The van der Waals surface area contributed by atoms with Crippen LogP contribution in [0.5, 0.6) is 11.5 Å². The molecule has 2 aliphatic rings. The van der Waals surface area contributed by atoms with Gasteiger partial charge in [-0.15, -0.1) is 11.3 Å². The summed E-state index contributed by atoms with van der Waals surface area (Å²) in [5.41, 5.74) is 1.61. The molecule has 2 aliphatic heterocycles. The first kappa shape index (κ1) is 17.7. The average Bonchev–Trinajstić information content (AvgIpc) is 3.29. The van der Waals surface area contributed by atoms with Gasteiger partial charge in [0.1, 0.15) is 5.01 Å². The summed E-state index contributed by atoms with van der Waals surface area (Å²) in [6.07, 6.45) is -0.380. The van der Waals surface area contributed by atoms with Crippen molar-refractivity contribution in [2.24, 2.45) is 0 Å². The lowest BCUT2D eigenvalue weighted by molar-refractivity contribution is -0.147. The molecule has 1 atom stereocenters. The number of carboxylic acid groups (broad SMARTS) is 1. The molecule has 3 heterocycles. The van der Waals surface area contributed by atoms with E-state index in [0.29, 0.717) is 36.9 Å². The number of ether oxygens (including phenoxy) is 3. The predicted octanol–water partition coefficient (Wildman–Crippen LogP) is 1.78. The van der Waals surface area contributed by atoms with Crippen LogP contribution in [0.2, 0.25) is 0 Å². The van der Waals surface area contributed by atoms with Crippen LogP contribution in [-0.4, -0.2) is 59.5 Å². The van der Waals surface area contributed by atoms with Gasteiger partial charge < -0.3 is 24.2 Å². The number of carboxylic acids is 1. The number of aromatic nitrogens is 1. The third-order valence-electron chi connectivity index (χ3n) is 4.40. The normalized spacial score (nSPS) is 18.5. The third-order valence-corrected chi connectivity index (χ3v) is 5.34. The fraction of sp³-hybridized carbons (Fsp3) is 0.389. The fourth-order valence-electron chi connectivity index (χ4n) is 3.08. The minimum absolute atomic E-state index is 0.0729. The highest BCUT2D eigenvalue weighted by atomic mass is 32.1. The molecule has 1 aromatic carbocycles. The molecule has 142 valence electrons. The number of nitrogens with zero attached hydrogens (tertiary/aromatic N) is 2. The molecular weight excluding hydrogens is 372 g/mol. The molecule has 1 fully saturated rings. The maximum absolute atomic E-state index is 12.5. The molecule has 8 nitrogen and oxygen atoms in total. The van der Waals surface area contributed by atoms with Crippen molar-refractivity contribution in [1.82, 2.24) is 9.88 Å². The highest BCUT2D eigenvalue weighted by Crippen LogP contribution is 2.36. The number of amides is 1. The van der Waals surface area contributed by atoms with Gasteiger partial charge in [-0.25, -0.2) is 4.98 Å². The van der Waals surface area contributed by atoms with E-state index in [9.17, 15) is 9.59 Å². The van der Waals surface area contributed by atoms with Crippen molar-refractivity contribution in [3.8, 4) is 22.1 Å². The highest BCUT2D eigenvalue weighted by Gasteiger charge is 2.26. The predicted molar refractivity (Wildman–Crippen MR) is 95.9 cm³/mol. The Morgan fingerprint density at radius 2 is 2.15 bits per heavy atom. The smallest absolute Gasteiger partial charge is 0.306 e. The number of rotatable bonds is 5. The standard InChI is InChI=1S/C18H18N2O6S/c21-16(20-3-4-24-13(8-20)7-17(22)23)6-12-9-27-18(19-12)11-1-2-14-15(5-11)26-10-25-14/h1-2,5,9,13H,3-4,6-8,10H2,(H,22,23)/t13-/m0/s1. The van der Waals surface area contributed by atoms with Crippen molar-refractivity contribution in [3.05, 3.63) is 29.3 Å². The van der Waals surface area contributed by atoms with E-state index in [1.54, 1.807) is 4.90 Å². The molecule has 0 bridgehead atoms. The zero-order valence-electron chi connectivity index (χ0n) is 14.4. The summed E-state index contributed by atoms with van der Waals surface area (Å²) >= 11 is 1.47. The molecule has 27 heavy (non-hydrogen) atoms. The Labute approximate surface area is 159 Å². The van der Waals surface area contributed by atoms with Crippen molar-refractivity contribution in [2.45, 2.75) is 18.9 Å². The Hall–Kier alpha value is -2.65. The highest BCUT2D eigenvalue weighted by molar-refractivity contribution is 7.13. The molecule has 0 unspecified atom stereocenters. The fourth-order valence-corrected chi connectivity index (χ4v) is 3.90. The second-order valence-electron chi connectivity index (χ2n) is 6.32. The van der Waals surface area contributed by atoms with Crippen LogP contribution in [0.4, 0.5) is 0 Å². The molecule has 0 spiro atoms. The molecule has 4 rings (SSSR count). The number of benzene rings is 1. The van der Waals surface area contributed by atoms with Crippen LogP contribution in [0, 0.1) is 0 Å². The summed E-state index contributed by atoms with van der Waals surface area (Å²) in [6, 6.07) is 5.64. The molecule has 0 radical (unpaired) electrons. The Kier molecular flexibility index (Phi) is 4.95. The van der Waals surface area contributed by atoms with E-state index in [-0.39, 0.29) is 25.5 Å². The maximum atomic E-state index is 12.5. The summed E-state index contributed by atoms with van der Waals surface area (Å²) in [6.45, 7) is 1.33. The first-order valence-electron chi connectivity index (χ1n) is 8.54. The van der Waals surface area contributed by atoms with E-state index in [1.165, 1.54) is 11.3 Å². The minimum atomic E-state index is -0.929. The van der Waals surface area contributed by atoms with Crippen molar-refractivity contribution < 1.29 is 28.9 Å². The van der Waals surface area contributed by atoms with Gasteiger partial charge >= 0.3 is 5.97 Å². The Morgan fingerprint density at radius 3 is 3.00 bits per heavy atom. The summed E-state index contributed by atoms with van der Waals surface area (Å²) in [5, 5.41) is 11.6. The van der Waals surface area contributed by atoms with Gasteiger partial charge in [0.2, 0.25) is 12.7 Å². The van der Waals surface area contributed by atoms with Crippen LogP contribution in [0.3, 0.4) is 0 Å². The van der Waals surface area contributed by atoms with E-state index in [2.05, 4.69) is 4.98 Å². The average molecular weight is 390 g/mol. The molecule has 1 N–H and O–H groups in total. The van der Waals surface area contributed by atoms with Crippen LogP contribution in [0.15, 0.2) is 23.6 Å². The Bertz CT molecular complexity index is 867. The van der Waals surface area contributed by atoms with Gasteiger partial charge in [-0.3, -0.25) is 9.59 Å². The number of hydrogen-bond donors (Lipinski definition) is 1. The van der Waals surface area contributed by atoms with E-state index in [0.717, 1.165) is 10.6 Å². The second kappa shape index (κ2) is 7.53. The van der Waals surface area contributed by atoms with Gasteiger partial charge in [-0.2, -0.15) is 0 Å². The van der Waals surface area contributed by atoms with Crippen molar-refractivity contribution in [3.63, 3.8) is 0 Å². The maximum Gasteiger partial charge on any atom is 0.306 e. The van der Waals surface area contributed by atoms with Crippen LogP contribution in [0.25, 0.3) is 10.6 Å². The SMILES string of the molecule is O=C(O)C[C@H]1CN(C(=O)Cc2csc(-c3ccc4c(c3)OCO4)n2)CCO1. The lowest BCUT2D eigenvalue weighted by Gasteiger charge is -2.32. The minimum Gasteiger partial charge on any atom is -0.481 e. The largest absolute Gasteiger partial charge is 0.481 e. The van der Waals surface area contributed by atoms with Gasteiger partial charge in [0.05, 0.1) is 31.2 Å². The first-order valence-corrected chi connectivity index (χ1v) is 9.42. The molecular formula is C18H18N2O6S. The van der Waals surface area contributed by atoms with Gasteiger partial charge in [0, 0.05) is 24.0 Å². The Morgan fingerprint density at radius 1 is 1.30 bits per heavy atom. The van der Waals surface area contributed by atoms with Crippen LogP contribution >= 0.6 is 11.3 Å². The molecule has 0 aliphatic carbocycles. The number of fused-ring (bicyclic) bond motifs is 1. The van der Waals surface area contributed by atoms with Crippen molar-refractivity contribution in [2.75, 3.05) is 26.5 Å². The lowest BCUT2D eigenvalue weighted by Crippen LogP contribution is -2.46.